The molecule has 2 rings (SSSR count). The van der Waals surface area contributed by atoms with Gasteiger partial charge in [0.1, 0.15) is 11.9 Å². The van der Waals surface area contributed by atoms with Crippen molar-refractivity contribution in [3.63, 3.8) is 0 Å². The van der Waals surface area contributed by atoms with Crippen LogP contribution in [0.5, 0.6) is 0 Å². The van der Waals surface area contributed by atoms with Crippen LogP contribution in [0.15, 0.2) is 54.5 Å². The number of unbranched alkanes of at least 4 members (excludes halogenated alkanes) is 25. The first kappa shape index (κ1) is 72.0. The van der Waals surface area contributed by atoms with Crippen molar-refractivity contribution in [3.05, 3.63) is 54.5 Å². The Labute approximate surface area is 452 Å². The van der Waals surface area contributed by atoms with Crippen LogP contribution in [0, 0.1) is 5.92 Å². The summed E-state index contributed by atoms with van der Waals surface area (Å²) >= 11 is 0. The standard InChI is InChI=1S/C38H73NO4.C13H26.C8H9NO.C5H9NO.H2/c1-5-7-9-11-14-20-26-37(27-21-15-12-10-8-6-2)43-38(41)28-22-16-13-17-24-30-42-33-36-31-34(3)32-39(36)29-23-18-19-25-35(4)40;1-3-5-7-9-11-13-12-10-8-6-4-2;1-4-6-5(2)7(9-3)8(6)10;1-2-5(7)3-4-6;/h34,36-37H,5-33H2,1-4H3;3H,1,4-13H2,2H3;9H,1H2,2-3H3;2H,1,3-4,6H2;1H/t34?,36-;;;;/m0..../s1. The third kappa shape index (κ3) is 43.8. The van der Waals surface area contributed by atoms with Crippen molar-refractivity contribution >= 4 is 23.3 Å². The largest absolute Gasteiger partial charge is 0.462 e. The lowest BCUT2D eigenvalue weighted by molar-refractivity contribution is -0.150. The van der Waals surface area contributed by atoms with E-state index in [9.17, 15) is 19.2 Å². The van der Waals surface area contributed by atoms with Crippen LogP contribution >= 0.6 is 0 Å². The molecule has 1 fully saturated rings. The molecule has 426 valence electrons. The Morgan fingerprint density at radius 2 is 1.23 bits per heavy atom. The Morgan fingerprint density at radius 3 is 1.70 bits per heavy atom. The lowest BCUT2D eigenvalue weighted by atomic mass is 9.88. The van der Waals surface area contributed by atoms with Gasteiger partial charge in [0, 0.05) is 46.9 Å². The number of carbonyl (C=O) groups excluding carboxylic acids is 4. The number of hydrogen-bond donors (Lipinski definition) is 2. The highest BCUT2D eigenvalue weighted by Crippen LogP contribution is 2.26. The Bertz CT molecular complexity index is 1460. The van der Waals surface area contributed by atoms with Crippen LogP contribution in [0.4, 0.5) is 0 Å². The normalized spacial score (nSPS) is 15.0. The summed E-state index contributed by atoms with van der Waals surface area (Å²) in [5.41, 5.74) is 9.88. The fourth-order valence-corrected chi connectivity index (χ4v) is 9.47. The van der Waals surface area contributed by atoms with Gasteiger partial charge in [0.25, 0.3) is 0 Å². The molecule has 0 aromatic rings. The topological polar surface area (TPSA) is 128 Å². The van der Waals surface area contributed by atoms with Crippen LogP contribution in [0.1, 0.15) is 274 Å². The number of ketones is 3. The molecule has 1 aliphatic heterocycles. The third-order valence-corrected chi connectivity index (χ3v) is 14.0. The quantitative estimate of drug-likeness (QED) is 0.0201. The molecule has 0 aromatic heterocycles. The number of likely N-dealkylation sites (N-methyl/N-ethyl adjacent to an activating group) is 1. The molecule has 1 saturated heterocycles. The van der Waals surface area contributed by atoms with Gasteiger partial charge >= 0.3 is 5.97 Å². The number of nitrogens with two attached hydrogens (primary N) is 1. The molecular weight excluding hydrogens is 907 g/mol. The number of nitrogens with one attached hydrogen (secondary N) is 1. The molecule has 0 aromatic carbocycles. The first-order valence-electron chi connectivity index (χ1n) is 30.2. The second-order valence-electron chi connectivity index (χ2n) is 21.1. The SMILES string of the molecule is C=C=C1C(=O)C(NC)=C1C.C=CC(=O)CCN.C=CCCCCCCCCCCC.CCCCCCCCC(CCCCCCCC)OC(=O)CCCCCCCOC[C@@H]1CC(C)CN1CCCCCC(C)=O.[HH]. The molecular formula is C64H119N3O6. The van der Waals surface area contributed by atoms with Crippen LogP contribution in [0.2, 0.25) is 0 Å². The van der Waals surface area contributed by atoms with Gasteiger partial charge < -0.3 is 25.3 Å². The van der Waals surface area contributed by atoms with Crippen molar-refractivity contribution in [1.82, 2.24) is 10.2 Å². The molecule has 1 aliphatic carbocycles. The number of allylic oxidation sites excluding steroid dienone is 4. The fraction of sp³-hybridized carbons (Fsp3) is 0.797. The Hall–Kier alpha value is -3.10. The molecule has 2 aliphatic rings. The summed E-state index contributed by atoms with van der Waals surface area (Å²) in [6, 6.07) is 0.555. The highest BCUT2D eigenvalue weighted by Gasteiger charge is 2.30. The molecule has 9 nitrogen and oxygen atoms in total. The average Bonchev–Trinajstić information content (AvgIpc) is 3.73. The van der Waals surface area contributed by atoms with E-state index in [0.29, 0.717) is 42.5 Å². The number of likely N-dealkylation sites (tertiary alicyclic amines) is 1. The number of rotatable bonds is 45. The van der Waals surface area contributed by atoms with E-state index in [1.165, 1.54) is 180 Å². The third-order valence-electron chi connectivity index (χ3n) is 14.0. The van der Waals surface area contributed by atoms with Crippen molar-refractivity contribution in [1.29, 1.82) is 0 Å². The fourth-order valence-electron chi connectivity index (χ4n) is 9.47. The minimum atomic E-state index is 0. The van der Waals surface area contributed by atoms with Crippen molar-refractivity contribution in [3.8, 4) is 0 Å². The summed E-state index contributed by atoms with van der Waals surface area (Å²) in [7, 11) is 1.73. The van der Waals surface area contributed by atoms with Crippen molar-refractivity contribution in [2.75, 3.05) is 39.9 Å². The number of esters is 1. The van der Waals surface area contributed by atoms with E-state index in [-0.39, 0.29) is 25.1 Å². The maximum absolute atomic E-state index is 12.6. The summed E-state index contributed by atoms with van der Waals surface area (Å²) in [6.07, 6.45) is 46.8. The molecule has 2 atom stereocenters. The molecule has 1 heterocycles. The van der Waals surface area contributed by atoms with E-state index in [1.807, 2.05) is 13.0 Å². The van der Waals surface area contributed by atoms with E-state index in [4.69, 9.17) is 15.2 Å². The maximum atomic E-state index is 12.6. The number of Topliss-reactive ketones (excluding diaryl/α,β-unsaturated/α-hetero) is 2. The second kappa shape index (κ2) is 53.7. The minimum absolute atomic E-state index is 0. The van der Waals surface area contributed by atoms with Crippen LogP contribution in [-0.2, 0) is 28.7 Å². The van der Waals surface area contributed by atoms with Gasteiger partial charge in [0.05, 0.1) is 17.9 Å². The predicted molar refractivity (Wildman–Crippen MR) is 315 cm³/mol. The van der Waals surface area contributed by atoms with Gasteiger partial charge in [-0.25, -0.2) is 0 Å². The molecule has 0 amide bonds. The zero-order valence-electron chi connectivity index (χ0n) is 49.0. The smallest absolute Gasteiger partial charge is 0.306 e. The zero-order chi connectivity index (χ0) is 54.6. The zero-order valence-corrected chi connectivity index (χ0v) is 49.0. The van der Waals surface area contributed by atoms with Crippen LogP contribution < -0.4 is 11.1 Å². The van der Waals surface area contributed by atoms with Gasteiger partial charge in [-0.15, -0.1) is 12.3 Å². The van der Waals surface area contributed by atoms with Crippen LogP contribution in [0.3, 0.4) is 0 Å². The minimum Gasteiger partial charge on any atom is -0.462 e. The van der Waals surface area contributed by atoms with Gasteiger partial charge in [-0.3, -0.25) is 19.3 Å². The molecule has 1 unspecified atom stereocenters. The Kier molecular flexibility index (Phi) is 53.0. The van der Waals surface area contributed by atoms with Gasteiger partial charge in [-0.1, -0.05) is 188 Å². The van der Waals surface area contributed by atoms with Crippen molar-refractivity contribution < 1.29 is 30.1 Å². The van der Waals surface area contributed by atoms with Crippen molar-refractivity contribution in [2.45, 2.75) is 285 Å². The monoisotopic (exact) mass is 1030 g/mol. The number of hydrogen-bond acceptors (Lipinski definition) is 9. The van der Waals surface area contributed by atoms with E-state index >= 15 is 0 Å². The van der Waals surface area contributed by atoms with Crippen molar-refractivity contribution in [2.24, 2.45) is 11.7 Å². The summed E-state index contributed by atoms with van der Waals surface area (Å²) in [5.74, 6) is 1.13. The van der Waals surface area contributed by atoms with Gasteiger partial charge in [-0.05, 0) is 115 Å². The summed E-state index contributed by atoms with van der Waals surface area (Å²) in [5, 5.41) is 2.81. The Balaban J connectivity index is -0.00000130. The molecule has 3 N–H and O–H groups in total. The first-order chi connectivity index (χ1) is 35.4. The average molecular weight is 1030 g/mol. The van der Waals surface area contributed by atoms with Gasteiger partial charge in [-0.2, -0.15) is 0 Å². The Morgan fingerprint density at radius 1 is 0.740 bits per heavy atom. The number of nitrogens with zero attached hydrogens (tertiary/aromatic N) is 1. The summed E-state index contributed by atoms with van der Waals surface area (Å²) < 4.78 is 12.1. The van der Waals surface area contributed by atoms with Gasteiger partial charge in [0.15, 0.2) is 5.78 Å². The van der Waals surface area contributed by atoms with E-state index in [1.54, 1.807) is 14.0 Å². The van der Waals surface area contributed by atoms with Crippen LogP contribution in [-0.4, -0.2) is 80.3 Å². The molecule has 0 radical (unpaired) electrons. The van der Waals surface area contributed by atoms with E-state index in [0.717, 1.165) is 82.6 Å². The number of ether oxygens (including phenoxy) is 2. The highest BCUT2D eigenvalue weighted by atomic mass is 16.5. The van der Waals surface area contributed by atoms with E-state index in [2.05, 4.69) is 63.4 Å². The maximum Gasteiger partial charge on any atom is 0.306 e. The molecule has 73 heavy (non-hydrogen) atoms. The lowest BCUT2D eigenvalue weighted by Gasteiger charge is -2.24. The molecule has 0 spiro atoms. The second-order valence-corrected chi connectivity index (χ2v) is 21.1. The molecule has 0 bridgehead atoms. The highest BCUT2D eigenvalue weighted by molar-refractivity contribution is 6.19. The number of carbonyl (C=O) groups is 4. The summed E-state index contributed by atoms with van der Waals surface area (Å²) in [4.78, 5) is 47.6. The predicted octanol–water partition coefficient (Wildman–Crippen LogP) is 16.8. The van der Waals surface area contributed by atoms with Gasteiger partial charge in [0.2, 0.25) is 5.78 Å². The lowest BCUT2D eigenvalue weighted by Crippen LogP contribution is -2.34. The summed E-state index contributed by atoms with van der Waals surface area (Å²) in [6.45, 7) is 27.6. The first-order valence-corrected chi connectivity index (χ1v) is 30.2. The molecule has 0 saturated carbocycles. The molecule has 9 heteroatoms. The van der Waals surface area contributed by atoms with Crippen LogP contribution in [0.25, 0.3) is 0 Å². The van der Waals surface area contributed by atoms with E-state index < -0.39 is 0 Å².